The molecule has 8 heteroatoms. The first-order valence-electron chi connectivity index (χ1n) is 9.49. The van der Waals surface area contributed by atoms with Gasteiger partial charge < -0.3 is 15.8 Å². The van der Waals surface area contributed by atoms with E-state index in [9.17, 15) is 22.8 Å². The molecule has 2 amide bonds. The minimum atomic E-state index is -4.51. The Kier molecular flexibility index (Phi) is 6.94. The van der Waals surface area contributed by atoms with E-state index >= 15 is 0 Å². The van der Waals surface area contributed by atoms with E-state index in [2.05, 4.69) is 5.32 Å². The third-order valence-electron chi connectivity index (χ3n) is 4.41. The maximum Gasteiger partial charge on any atom is 0.416 e. The molecule has 0 heterocycles. The van der Waals surface area contributed by atoms with Crippen molar-refractivity contribution in [1.82, 2.24) is 5.32 Å². The number of rotatable bonds is 7. The zero-order valence-electron chi connectivity index (χ0n) is 16.7. The fraction of sp³-hybridized carbons (Fsp3) is 0.0833. The fourth-order valence-electron chi connectivity index (χ4n) is 2.78. The van der Waals surface area contributed by atoms with Gasteiger partial charge >= 0.3 is 6.18 Å². The first-order chi connectivity index (χ1) is 15.2. The predicted octanol–water partition coefficient (Wildman–Crippen LogP) is 4.54. The van der Waals surface area contributed by atoms with Gasteiger partial charge in [0.25, 0.3) is 11.8 Å². The Balaban J connectivity index is 1.73. The molecule has 0 saturated heterocycles. The van der Waals surface area contributed by atoms with E-state index in [1.165, 1.54) is 6.08 Å². The molecule has 0 saturated carbocycles. The summed E-state index contributed by atoms with van der Waals surface area (Å²) in [7, 11) is 0. The predicted molar refractivity (Wildman–Crippen MR) is 113 cm³/mol. The van der Waals surface area contributed by atoms with Crippen LogP contribution in [0.15, 0.2) is 84.6 Å². The summed E-state index contributed by atoms with van der Waals surface area (Å²) in [6.07, 6.45) is -3.15. The van der Waals surface area contributed by atoms with E-state index in [1.807, 2.05) is 30.3 Å². The molecule has 164 valence electrons. The molecule has 0 unspecified atom stereocenters. The molecular formula is C24H19F3N2O3. The van der Waals surface area contributed by atoms with Gasteiger partial charge in [-0.15, -0.1) is 0 Å². The summed E-state index contributed by atoms with van der Waals surface area (Å²) in [6, 6.07) is 20.0. The van der Waals surface area contributed by atoms with Gasteiger partial charge in [-0.1, -0.05) is 42.5 Å². The van der Waals surface area contributed by atoms with Crippen molar-refractivity contribution in [1.29, 1.82) is 0 Å². The molecule has 5 nitrogen and oxygen atoms in total. The van der Waals surface area contributed by atoms with Crippen LogP contribution in [-0.2, 0) is 17.6 Å². The second-order valence-corrected chi connectivity index (χ2v) is 6.80. The minimum Gasteiger partial charge on any atom is -0.489 e. The summed E-state index contributed by atoms with van der Waals surface area (Å²) in [6.45, 7) is 0.349. The van der Waals surface area contributed by atoms with Crippen LogP contribution in [0.3, 0.4) is 0 Å². The van der Waals surface area contributed by atoms with Gasteiger partial charge in [0.2, 0.25) is 0 Å². The molecule has 0 aromatic heterocycles. The van der Waals surface area contributed by atoms with Gasteiger partial charge in [0, 0.05) is 5.56 Å². The molecule has 3 N–H and O–H groups in total. The monoisotopic (exact) mass is 440 g/mol. The van der Waals surface area contributed by atoms with Crippen LogP contribution in [0.25, 0.3) is 6.08 Å². The SMILES string of the molecule is NC(=O)/C(=C\c1cccc(OCc2ccccc2)c1)NC(=O)c1ccc(C(F)(F)F)cc1. The number of nitrogens with two attached hydrogens (primary N) is 1. The number of alkyl halides is 3. The molecule has 0 spiro atoms. The average molecular weight is 440 g/mol. The summed E-state index contributed by atoms with van der Waals surface area (Å²) in [4.78, 5) is 24.2. The number of carbonyl (C=O) groups excluding carboxylic acids is 2. The van der Waals surface area contributed by atoms with Gasteiger partial charge in [-0.05, 0) is 53.6 Å². The van der Waals surface area contributed by atoms with E-state index in [1.54, 1.807) is 24.3 Å². The average Bonchev–Trinajstić information content (AvgIpc) is 2.77. The molecule has 0 atom stereocenters. The number of amides is 2. The number of ether oxygens (including phenoxy) is 1. The maximum atomic E-state index is 12.7. The summed E-state index contributed by atoms with van der Waals surface area (Å²) < 4.78 is 43.8. The molecule has 0 aliphatic heterocycles. The van der Waals surface area contributed by atoms with Crippen LogP contribution in [-0.4, -0.2) is 11.8 Å². The lowest BCUT2D eigenvalue weighted by Gasteiger charge is -2.10. The lowest BCUT2D eigenvalue weighted by molar-refractivity contribution is -0.137. The number of carbonyl (C=O) groups is 2. The van der Waals surface area contributed by atoms with E-state index < -0.39 is 23.6 Å². The summed E-state index contributed by atoms with van der Waals surface area (Å²) >= 11 is 0. The topological polar surface area (TPSA) is 81.4 Å². The number of halogens is 3. The molecule has 3 rings (SSSR count). The Morgan fingerprint density at radius 1 is 0.938 bits per heavy atom. The molecule has 3 aromatic carbocycles. The Labute approximate surface area is 182 Å². The van der Waals surface area contributed by atoms with Crippen molar-refractivity contribution in [3.63, 3.8) is 0 Å². The molecule has 32 heavy (non-hydrogen) atoms. The highest BCUT2D eigenvalue weighted by Gasteiger charge is 2.30. The molecule has 0 aliphatic rings. The van der Waals surface area contributed by atoms with Gasteiger partial charge in [-0.3, -0.25) is 9.59 Å². The van der Waals surface area contributed by atoms with Crippen molar-refractivity contribution < 1.29 is 27.5 Å². The van der Waals surface area contributed by atoms with Crippen LogP contribution in [0.5, 0.6) is 5.75 Å². The van der Waals surface area contributed by atoms with Crippen LogP contribution in [0.4, 0.5) is 13.2 Å². The highest BCUT2D eigenvalue weighted by atomic mass is 19.4. The van der Waals surface area contributed by atoms with Gasteiger partial charge in [-0.25, -0.2) is 0 Å². The summed E-state index contributed by atoms with van der Waals surface area (Å²) in [5.41, 5.74) is 5.74. The molecule has 0 radical (unpaired) electrons. The minimum absolute atomic E-state index is 0.0508. The molecule has 0 fully saturated rings. The number of hydrogen-bond acceptors (Lipinski definition) is 3. The first-order valence-corrected chi connectivity index (χ1v) is 9.49. The number of primary amides is 1. The largest absolute Gasteiger partial charge is 0.489 e. The highest BCUT2D eigenvalue weighted by molar-refractivity contribution is 6.04. The third kappa shape index (κ3) is 6.21. The first kappa shape index (κ1) is 22.6. The zero-order valence-corrected chi connectivity index (χ0v) is 16.7. The standard InChI is InChI=1S/C24H19F3N2O3/c25-24(26,27)19-11-9-18(10-12-19)23(31)29-21(22(28)30)14-17-7-4-8-20(13-17)32-15-16-5-2-1-3-6-16/h1-14H,15H2,(H2,28,30)(H,29,31)/b21-14+. The van der Waals surface area contributed by atoms with Crippen molar-refractivity contribution in [2.45, 2.75) is 12.8 Å². The van der Waals surface area contributed by atoms with Crippen molar-refractivity contribution in [3.05, 3.63) is 107 Å². The van der Waals surface area contributed by atoms with E-state index in [0.29, 0.717) is 17.9 Å². The third-order valence-corrected chi connectivity index (χ3v) is 4.41. The van der Waals surface area contributed by atoms with Crippen LogP contribution < -0.4 is 15.8 Å². The van der Waals surface area contributed by atoms with E-state index in [4.69, 9.17) is 10.5 Å². The molecule has 3 aromatic rings. The number of hydrogen-bond donors (Lipinski definition) is 2. The Morgan fingerprint density at radius 3 is 2.25 bits per heavy atom. The normalized spacial score (nSPS) is 11.7. The van der Waals surface area contributed by atoms with Crippen LogP contribution in [0.2, 0.25) is 0 Å². The molecule has 0 aliphatic carbocycles. The lowest BCUT2D eigenvalue weighted by atomic mass is 10.1. The lowest BCUT2D eigenvalue weighted by Crippen LogP contribution is -2.31. The van der Waals surface area contributed by atoms with Crippen molar-refractivity contribution in [3.8, 4) is 5.75 Å². The van der Waals surface area contributed by atoms with Gasteiger partial charge in [0.1, 0.15) is 18.1 Å². The van der Waals surface area contributed by atoms with E-state index in [-0.39, 0.29) is 11.3 Å². The van der Waals surface area contributed by atoms with Crippen LogP contribution >= 0.6 is 0 Å². The molecule has 0 bridgehead atoms. The van der Waals surface area contributed by atoms with Crippen molar-refractivity contribution in [2.75, 3.05) is 0 Å². The number of benzene rings is 3. The number of nitrogens with one attached hydrogen (secondary N) is 1. The van der Waals surface area contributed by atoms with Crippen molar-refractivity contribution in [2.24, 2.45) is 5.73 Å². The van der Waals surface area contributed by atoms with Gasteiger partial charge in [-0.2, -0.15) is 13.2 Å². The smallest absolute Gasteiger partial charge is 0.416 e. The summed E-state index contributed by atoms with van der Waals surface area (Å²) in [5, 5.41) is 2.34. The van der Waals surface area contributed by atoms with Crippen molar-refractivity contribution >= 4 is 17.9 Å². The fourth-order valence-corrected chi connectivity index (χ4v) is 2.78. The second-order valence-electron chi connectivity index (χ2n) is 6.80. The van der Waals surface area contributed by atoms with Gasteiger partial charge in [0.15, 0.2) is 0 Å². The quantitative estimate of drug-likeness (QED) is 0.530. The highest BCUT2D eigenvalue weighted by Crippen LogP contribution is 2.29. The Bertz CT molecular complexity index is 1130. The van der Waals surface area contributed by atoms with Gasteiger partial charge in [0.05, 0.1) is 5.56 Å². The van der Waals surface area contributed by atoms with Crippen LogP contribution in [0, 0.1) is 0 Å². The summed E-state index contributed by atoms with van der Waals surface area (Å²) in [5.74, 6) is -1.12. The van der Waals surface area contributed by atoms with Crippen LogP contribution in [0.1, 0.15) is 27.0 Å². The zero-order chi connectivity index (χ0) is 23.1. The van der Waals surface area contributed by atoms with E-state index in [0.717, 1.165) is 29.8 Å². The Hall–Kier alpha value is -4.07. The second kappa shape index (κ2) is 9.82. The molecular weight excluding hydrogens is 421 g/mol. The maximum absolute atomic E-state index is 12.7. The Morgan fingerprint density at radius 2 is 1.62 bits per heavy atom.